The minimum atomic E-state index is -0.262. The summed E-state index contributed by atoms with van der Waals surface area (Å²) >= 11 is 0. The lowest BCUT2D eigenvalue weighted by Gasteiger charge is -2.24. The molecule has 0 fully saturated rings. The molecule has 0 aromatic heterocycles. The van der Waals surface area contributed by atoms with Crippen LogP contribution in [0.4, 0.5) is 0 Å². The van der Waals surface area contributed by atoms with E-state index in [-0.39, 0.29) is 18.3 Å². The summed E-state index contributed by atoms with van der Waals surface area (Å²) in [6.07, 6.45) is 75.7. The molecule has 0 rings (SSSR count). The van der Waals surface area contributed by atoms with E-state index in [9.17, 15) is 15.3 Å². The van der Waals surface area contributed by atoms with Gasteiger partial charge < -0.3 is 47.2 Å². The number of nitrogens with one attached hydrogen (secondary N) is 6. The number of rotatable bonds is 84. The number of aliphatic hydroxyl groups is 3. The molecular weight excluding hydrogens is 1170 g/mol. The van der Waals surface area contributed by atoms with Crippen molar-refractivity contribution in [3.05, 3.63) is 0 Å². The minimum absolute atomic E-state index is 0.262. The Hall–Kier alpha value is -0.440. The van der Waals surface area contributed by atoms with Crippen LogP contribution in [0, 0.1) is 0 Å². The molecule has 574 valence electrons. The maximum Gasteiger partial charge on any atom is 0.0664 e. The Kier molecular flexibility index (Phi) is 89.3. The second-order valence-corrected chi connectivity index (χ2v) is 29.8. The van der Waals surface area contributed by atoms with Gasteiger partial charge >= 0.3 is 0 Å². The zero-order valence-electron chi connectivity index (χ0n) is 66.0. The first-order valence-electron chi connectivity index (χ1n) is 43.6. The Morgan fingerprint density at radius 2 is 0.326 bits per heavy atom. The lowest BCUT2D eigenvalue weighted by atomic mass is 10.1. The van der Waals surface area contributed by atoms with Gasteiger partial charge in [-0.2, -0.15) is 0 Å². The molecule has 3 atom stereocenters. The zero-order chi connectivity index (χ0) is 69.2. The monoisotopic (exact) mass is 1350 g/mol. The largest absolute Gasteiger partial charge is 0.392 e. The highest BCUT2D eigenvalue weighted by Gasteiger charge is 2.11. The zero-order valence-corrected chi connectivity index (χ0v) is 66.0. The van der Waals surface area contributed by atoms with E-state index in [0.717, 1.165) is 97.4 Å². The van der Waals surface area contributed by atoms with Gasteiger partial charge in [-0.1, -0.05) is 369 Å². The molecule has 11 heteroatoms. The van der Waals surface area contributed by atoms with Gasteiger partial charge in [-0.05, 0) is 58.2 Å². The third-order valence-electron chi connectivity index (χ3n) is 20.1. The molecule has 0 aliphatic heterocycles. The predicted octanol–water partition coefficient (Wildman–Crippen LogP) is 20.6. The summed E-state index contributed by atoms with van der Waals surface area (Å²) in [5.41, 5.74) is 0. The summed E-state index contributed by atoms with van der Waals surface area (Å²) in [6.45, 7) is 31.6. The van der Waals surface area contributed by atoms with E-state index in [1.807, 2.05) is 0 Å². The van der Waals surface area contributed by atoms with Gasteiger partial charge in [0, 0.05) is 98.2 Å². The highest BCUT2D eigenvalue weighted by molar-refractivity contribution is 4.70. The van der Waals surface area contributed by atoms with E-state index in [1.165, 1.54) is 367 Å². The van der Waals surface area contributed by atoms with Crippen molar-refractivity contribution in [3.63, 3.8) is 0 Å². The van der Waals surface area contributed by atoms with Crippen LogP contribution in [0.15, 0.2) is 0 Å². The summed E-state index contributed by atoms with van der Waals surface area (Å²) < 4.78 is 0. The molecule has 0 heterocycles. The number of hydrogen-bond donors (Lipinski definition) is 9. The van der Waals surface area contributed by atoms with Gasteiger partial charge in [0.2, 0.25) is 0 Å². The number of nitrogens with zero attached hydrogens (tertiary/aromatic N) is 2. The second-order valence-electron chi connectivity index (χ2n) is 29.8. The van der Waals surface area contributed by atoms with Crippen molar-refractivity contribution >= 4 is 0 Å². The minimum Gasteiger partial charge on any atom is -0.392 e. The van der Waals surface area contributed by atoms with Gasteiger partial charge in [-0.3, -0.25) is 9.80 Å². The highest BCUT2D eigenvalue weighted by atomic mass is 16.3. The van der Waals surface area contributed by atoms with E-state index >= 15 is 0 Å². The van der Waals surface area contributed by atoms with E-state index in [4.69, 9.17) is 0 Å². The first-order valence-corrected chi connectivity index (χ1v) is 43.6. The molecule has 0 aromatic rings. The van der Waals surface area contributed by atoms with E-state index in [0.29, 0.717) is 19.6 Å². The Morgan fingerprint density at radius 1 is 0.179 bits per heavy atom. The molecule has 95 heavy (non-hydrogen) atoms. The van der Waals surface area contributed by atoms with Gasteiger partial charge in [0.05, 0.1) is 18.3 Å². The molecule has 0 radical (unpaired) electrons. The number of hydrogen-bond acceptors (Lipinski definition) is 11. The fourth-order valence-electron chi connectivity index (χ4n) is 13.3. The summed E-state index contributed by atoms with van der Waals surface area (Å²) in [7, 11) is 0. The lowest BCUT2D eigenvalue weighted by Crippen LogP contribution is -2.43. The van der Waals surface area contributed by atoms with Crippen molar-refractivity contribution in [3.8, 4) is 0 Å². The third-order valence-corrected chi connectivity index (χ3v) is 20.1. The molecule has 0 saturated carbocycles. The van der Waals surface area contributed by atoms with Gasteiger partial charge in [0.25, 0.3) is 0 Å². The lowest BCUT2D eigenvalue weighted by molar-refractivity contribution is 0.150. The number of aliphatic hydroxyl groups excluding tert-OH is 3. The molecular formula is C84H180N8O3. The second kappa shape index (κ2) is 87.8. The van der Waals surface area contributed by atoms with Gasteiger partial charge in [0.15, 0.2) is 0 Å². The molecule has 0 aliphatic carbocycles. The molecule has 0 saturated heterocycles. The van der Waals surface area contributed by atoms with E-state index in [2.05, 4.69) is 83.2 Å². The first kappa shape index (κ1) is 96.6. The molecule has 0 bridgehead atoms. The molecule has 0 aromatic carbocycles. The standard InChI is InChI=1S/C42H90N4O3.C42H90N4/c1-4-7-10-13-16-19-22-25-28-40(47)37-43-31-34-46(35-32-44-38-41(48)29-26-23-20-17-14-11-8-5-2)36-33-45-39-42(49)30-27-24-21-18-15-12-9-6-3;1-4-7-10-13-16-19-22-25-28-31-34-43-37-40-46(41-38-44-35-32-29-26-23-20-17-14-11-8-5-2)42-39-45-36-33-30-27-24-21-18-15-12-9-6-3/h40-45,47-49H,4-39H2,1-3H3;43-45H,4-42H2,1-3H3. The van der Waals surface area contributed by atoms with Crippen LogP contribution in [-0.2, 0) is 0 Å². The summed E-state index contributed by atoms with van der Waals surface area (Å²) in [5, 5.41) is 53.1. The van der Waals surface area contributed by atoms with Crippen LogP contribution >= 0.6 is 0 Å². The molecule has 0 aliphatic rings. The van der Waals surface area contributed by atoms with Crippen LogP contribution < -0.4 is 31.9 Å². The highest BCUT2D eigenvalue weighted by Crippen LogP contribution is 2.16. The average molecular weight is 1350 g/mol. The molecule has 0 amide bonds. The summed E-state index contributed by atoms with van der Waals surface area (Å²) in [4.78, 5) is 5.14. The van der Waals surface area contributed by atoms with Gasteiger partial charge in [0.1, 0.15) is 0 Å². The number of unbranched alkanes of at least 4 members (excludes halogenated alkanes) is 48. The maximum atomic E-state index is 10.5. The van der Waals surface area contributed by atoms with E-state index < -0.39 is 0 Å². The Bertz CT molecular complexity index is 1170. The summed E-state index contributed by atoms with van der Waals surface area (Å²) in [6, 6.07) is 0. The van der Waals surface area contributed by atoms with Crippen molar-refractivity contribution in [2.24, 2.45) is 0 Å². The molecule has 3 unspecified atom stereocenters. The Balaban J connectivity index is 0. The van der Waals surface area contributed by atoms with Crippen LogP contribution in [0.1, 0.15) is 408 Å². The van der Waals surface area contributed by atoms with Crippen LogP contribution in [-0.4, -0.2) is 161 Å². The van der Waals surface area contributed by atoms with Crippen molar-refractivity contribution in [1.29, 1.82) is 0 Å². The van der Waals surface area contributed by atoms with Crippen molar-refractivity contribution in [1.82, 2.24) is 41.7 Å². The van der Waals surface area contributed by atoms with Crippen LogP contribution in [0.25, 0.3) is 0 Å². The van der Waals surface area contributed by atoms with Gasteiger partial charge in [-0.25, -0.2) is 0 Å². The fraction of sp³-hybridized carbons (Fsp3) is 1.00. The molecule has 0 spiro atoms. The quantitative estimate of drug-likeness (QED) is 0.0269. The smallest absolute Gasteiger partial charge is 0.0664 e. The van der Waals surface area contributed by atoms with Crippen molar-refractivity contribution in [2.45, 2.75) is 426 Å². The average Bonchev–Trinajstić information content (AvgIpc) is 3.72. The van der Waals surface area contributed by atoms with E-state index in [1.54, 1.807) is 0 Å². The van der Waals surface area contributed by atoms with Crippen LogP contribution in [0.5, 0.6) is 0 Å². The third kappa shape index (κ3) is 85.9. The van der Waals surface area contributed by atoms with Crippen molar-refractivity contribution in [2.75, 3.05) is 118 Å². The first-order chi connectivity index (χ1) is 46.9. The normalized spacial score (nSPS) is 12.8. The van der Waals surface area contributed by atoms with Crippen molar-refractivity contribution < 1.29 is 15.3 Å². The SMILES string of the molecule is CCCCCCCCCCC(O)CNCCN(CCNCC(O)CCCCCCCCCC)CCNCC(O)CCCCCCCCCC.CCCCCCCCCCCCNCCN(CCNCCCCCCCCCCCC)CCNCCCCCCCCCCCC. The predicted molar refractivity (Wildman–Crippen MR) is 425 cm³/mol. The maximum absolute atomic E-state index is 10.5. The Labute approximate surface area is 597 Å². The molecule has 9 N–H and O–H groups in total. The fourth-order valence-corrected chi connectivity index (χ4v) is 13.3. The molecule has 11 nitrogen and oxygen atoms in total. The van der Waals surface area contributed by atoms with Gasteiger partial charge in [-0.15, -0.1) is 0 Å². The Morgan fingerprint density at radius 3 is 0.505 bits per heavy atom. The topological polar surface area (TPSA) is 139 Å². The summed E-state index contributed by atoms with van der Waals surface area (Å²) in [5.74, 6) is 0. The van der Waals surface area contributed by atoms with Crippen LogP contribution in [0.3, 0.4) is 0 Å². The van der Waals surface area contributed by atoms with Crippen LogP contribution in [0.2, 0.25) is 0 Å².